The number of amides is 2. The second kappa shape index (κ2) is 7.44. The molecule has 7 heteroatoms. The maximum absolute atomic E-state index is 12.4. The number of phenols is 1. The van der Waals surface area contributed by atoms with Gasteiger partial charge in [-0.1, -0.05) is 30.3 Å². The number of halogens is 2. The van der Waals surface area contributed by atoms with Crippen LogP contribution in [0.15, 0.2) is 48.5 Å². The fraction of sp³-hybridized carbons (Fsp3) is 0.188. The van der Waals surface area contributed by atoms with Crippen LogP contribution in [-0.4, -0.2) is 29.7 Å². The van der Waals surface area contributed by atoms with E-state index in [1.165, 1.54) is 36.2 Å². The van der Waals surface area contributed by atoms with Gasteiger partial charge in [0.05, 0.1) is 12.2 Å². The van der Waals surface area contributed by atoms with E-state index in [2.05, 4.69) is 10.1 Å². The maximum Gasteiger partial charge on any atom is 0.387 e. The van der Waals surface area contributed by atoms with Crippen LogP contribution in [0, 0.1) is 0 Å². The molecule has 0 spiro atoms. The predicted molar refractivity (Wildman–Crippen MR) is 81.7 cm³/mol. The van der Waals surface area contributed by atoms with Gasteiger partial charge < -0.3 is 20.1 Å². The minimum atomic E-state index is -2.98. The molecule has 2 aromatic rings. The fourth-order valence-corrected chi connectivity index (χ4v) is 1.95. The van der Waals surface area contributed by atoms with Gasteiger partial charge >= 0.3 is 12.6 Å². The van der Waals surface area contributed by atoms with Crippen molar-refractivity contribution in [1.29, 1.82) is 0 Å². The molecule has 0 bridgehead atoms. The molecule has 0 unspecified atom stereocenters. The van der Waals surface area contributed by atoms with E-state index >= 15 is 0 Å². The number of nitrogens with zero attached hydrogens (tertiary/aromatic N) is 1. The van der Waals surface area contributed by atoms with Gasteiger partial charge in [0, 0.05) is 12.6 Å². The van der Waals surface area contributed by atoms with Crippen LogP contribution in [-0.2, 0) is 6.54 Å². The van der Waals surface area contributed by atoms with Gasteiger partial charge in [0.1, 0.15) is 11.5 Å². The van der Waals surface area contributed by atoms with Gasteiger partial charge in [0.2, 0.25) is 0 Å². The molecule has 2 N–H and O–H groups in total. The number of hydrogen-bond acceptors (Lipinski definition) is 3. The number of alkyl halides is 2. The first-order valence-electron chi connectivity index (χ1n) is 6.80. The van der Waals surface area contributed by atoms with Crippen molar-refractivity contribution in [2.24, 2.45) is 0 Å². The third-order valence-electron chi connectivity index (χ3n) is 3.09. The number of para-hydroxylation sites is 3. The second-order valence-corrected chi connectivity index (χ2v) is 4.79. The highest BCUT2D eigenvalue weighted by atomic mass is 19.3. The molecule has 0 aliphatic heterocycles. The average Bonchev–Trinajstić information content (AvgIpc) is 2.51. The minimum Gasteiger partial charge on any atom is -0.508 e. The Morgan fingerprint density at radius 2 is 1.87 bits per heavy atom. The number of anilines is 1. The Bertz CT molecular complexity index is 680. The van der Waals surface area contributed by atoms with E-state index in [1.54, 1.807) is 24.3 Å². The van der Waals surface area contributed by atoms with E-state index in [4.69, 9.17) is 0 Å². The largest absolute Gasteiger partial charge is 0.508 e. The lowest BCUT2D eigenvalue weighted by Crippen LogP contribution is -2.31. The average molecular weight is 322 g/mol. The van der Waals surface area contributed by atoms with Crippen molar-refractivity contribution in [2.75, 3.05) is 12.4 Å². The van der Waals surface area contributed by atoms with E-state index < -0.39 is 12.6 Å². The zero-order valence-corrected chi connectivity index (χ0v) is 12.4. The molecule has 0 aliphatic rings. The number of hydrogen-bond donors (Lipinski definition) is 2. The van der Waals surface area contributed by atoms with Gasteiger partial charge in [0.25, 0.3) is 0 Å². The van der Waals surface area contributed by atoms with Crippen LogP contribution >= 0.6 is 0 Å². The number of aromatic hydroxyl groups is 1. The molecule has 0 saturated heterocycles. The summed E-state index contributed by atoms with van der Waals surface area (Å²) >= 11 is 0. The number of rotatable bonds is 5. The van der Waals surface area contributed by atoms with E-state index in [9.17, 15) is 18.7 Å². The molecule has 0 saturated carbocycles. The number of nitrogens with one attached hydrogen (secondary N) is 1. The van der Waals surface area contributed by atoms with E-state index in [-0.39, 0.29) is 23.7 Å². The Morgan fingerprint density at radius 3 is 2.57 bits per heavy atom. The molecule has 0 atom stereocenters. The SMILES string of the molecule is CN(Cc1ccccc1O)C(=O)Nc1ccccc1OC(F)F. The van der Waals surface area contributed by atoms with Gasteiger partial charge in [-0.2, -0.15) is 8.78 Å². The topological polar surface area (TPSA) is 61.8 Å². The van der Waals surface area contributed by atoms with Crippen molar-refractivity contribution in [1.82, 2.24) is 4.90 Å². The summed E-state index contributed by atoms with van der Waals surface area (Å²) in [5.41, 5.74) is 0.712. The molecule has 0 radical (unpaired) electrons. The lowest BCUT2D eigenvalue weighted by molar-refractivity contribution is -0.0493. The van der Waals surface area contributed by atoms with Crippen LogP contribution in [0.5, 0.6) is 11.5 Å². The molecule has 0 fully saturated rings. The number of urea groups is 1. The Hall–Kier alpha value is -2.83. The molecule has 23 heavy (non-hydrogen) atoms. The van der Waals surface area contributed by atoms with Crippen LogP contribution in [0.25, 0.3) is 0 Å². The Balaban J connectivity index is 2.05. The number of carbonyl (C=O) groups is 1. The summed E-state index contributed by atoms with van der Waals surface area (Å²) < 4.78 is 29.1. The predicted octanol–water partition coefficient (Wildman–Crippen LogP) is 3.66. The highest BCUT2D eigenvalue weighted by Crippen LogP contribution is 2.26. The van der Waals surface area contributed by atoms with E-state index in [0.29, 0.717) is 5.56 Å². The first-order chi connectivity index (χ1) is 11.0. The lowest BCUT2D eigenvalue weighted by atomic mass is 10.2. The van der Waals surface area contributed by atoms with Gasteiger partial charge in [-0.15, -0.1) is 0 Å². The third-order valence-corrected chi connectivity index (χ3v) is 3.09. The summed E-state index contributed by atoms with van der Waals surface area (Å²) in [6, 6.07) is 12.0. The van der Waals surface area contributed by atoms with Crippen LogP contribution in [0.2, 0.25) is 0 Å². The monoisotopic (exact) mass is 322 g/mol. The Labute approximate surface area is 132 Å². The Kier molecular flexibility index (Phi) is 5.35. The number of carbonyl (C=O) groups excluding carboxylic acids is 1. The lowest BCUT2D eigenvalue weighted by Gasteiger charge is -2.19. The fourth-order valence-electron chi connectivity index (χ4n) is 1.95. The molecule has 0 aromatic heterocycles. The summed E-state index contributed by atoms with van der Waals surface area (Å²) in [6.45, 7) is -2.82. The zero-order chi connectivity index (χ0) is 16.8. The van der Waals surface area contributed by atoms with Crippen molar-refractivity contribution >= 4 is 11.7 Å². The van der Waals surface area contributed by atoms with E-state index in [0.717, 1.165) is 0 Å². The summed E-state index contributed by atoms with van der Waals surface area (Å²) in [7, 11) is 1.53. The summed E-state index contributed by atoms with van der Waals surface area (Å²) in [4.78, 5) is 13.5. The highest BCUT2D eigenvalue weighted by Gasteiger charge is 2.15. The van der Waals surface area contributed by atoms with Crippen molar-refractivity contribution in [3.8, 4) is 11.5 Å². The van der Waals surface area contributed by atoms with Crippen LogP contribution in [0.4, 0.5) is 19.3 Å². The van der Waals surface area contributed by atoms with Gasteiger partial charge in [-0.3, -0.25) is 0 Å². The van der Waals surface area contributed by atoms with Crippen LogP contribution < -0.4 is 10.1 Å². The molecule has 2 rings (SSSR count). The summed E-state index contributed by atoms with van der Waals surface area (Å²) in [6.07, 6.45) is 0. The van der Waals surface area contributed by atoms with E-state index in [1.807, 2.05) is 0 Å². The maximum atomic E-state index is 12.4. The third kappa shape index (κ3) is 4.57. The summed E-state index contributed by atoms with van der Waals surface area (Å²) in [5.74, 6) is -0.0413. The second-order valence-electron chi connectivity index (χ2n) is 4.79. The molecule has 122 valence electrons. The van der Waals surface area contributed by atoms with Crippen molar-refractivity contribution in [3.63, 3.8) is 0 Å². The molecule has 2 aromatic carbocycles. The van der Waals surface area contributed by atoms with Gasteiger partial charge in [0.15, 0.2) is 0 Å². The van der Waals surface area contributed by atoms with Crippen molar-refractivity contribution in [3.05, 3.63) is 54.1 Å². The molecular formula is C16H16F2N2O3. The van der Waals surface area contributed by atoms with Gasteiger partial charge in [-0.25, -0.2) is 4.79 Å². The zero-order valence-electron chi connectivity index (χ0n) is 12.4. The molecule has 0 aliphatic carbocycles. The number of ether oxygens (including phenoxy) is 1. The van der Waals surface area contributed by atoms with Crippen molar-refractivity contribution in [2.45, 2.75) is 13.2 Å². The first kappa shape index (κ1) is 16.5. The molecular weight excluding hydrogens is 306 g/mol. The first-order valence-corrected chi connectivity index (χ1v) is 6.80. The summed E-state index contributed by atoms with van der Waals surface area (Å²) in [5, 5.41) is 12.2. The highest BCUT2D eigenvalue weighted by molar-refractivity contribution is 5.90. The smallest absolute Gasteiger partial charge is 0.387 e. The standard InChI is InChI=1S/C16H16F2N2O3/c1-20(10-11-6-2-4-8-13(11)21)16(22)19-12-7-3-5-9-14(12)23-15(17)18/h2-9,15,21H,10H2,1H3,(H,19,22). The quantitative estimate of drug-likeness (QED) is 0.883. The van der Waals surface area contributed by atoms with Crippen LogP contribution in [0.1, 0.15) is 5.56 Å². The number of benzene rings is 2. The minimum absolute atomic E-state index is 0.0774. The molecule has 5 nitrogen and oxygen atoms in total. The van der Waals surface area contributed by atoms with Crippen molar-refractivity contribution < 1.29 is 23.4 Å². The number of phenolic OH excluding ortho intramolecular Hbond substituents is 1. The Morgan fingerprint density at radius 1 is 1.22 bits per heavy atom. The van der Waals surface area contributed by atoms with Gasteiger partial charge in [-0.05, 0) is 18.2 Å². The molecule has 0 heterocycles. The molecule has 2 amide bonds. The normalized spacial score (nSPS) is 10.4. The van der Waals surface area contributed by atoms with Crippen LogP contribution in [0.3, 0.4) is 0 Å².